The molecule has 0 atom stereocenters. The van der Waals surface area contributed by atoms with Crippen molar-refractivity contribution < 1.29 is 19.1 Å². The maximum atomic E-state index is 12.4. The van der Waals surface area contributed by atoms with Crippen LogP contribution in [0.25, 0.3) is 6.08 Å². The second-order valence-electron chi connectivity index (χ2n) is 5.49. The van der Waals surface area contributed by atoms with Crippen molar-refractivity contribution in [2.45, 2.75) is 6.42 Å². The van der Waals surface area contributed by atoms with E-state index >= 15 is 0 Å². The molecular weight excluding hydrogens is 408 g/mol. The number of rotatable bonds is 6. The Hall–Kier alpha value is -2.29. The van der Waals surface area contributed by atoms with Crippen LogP contribution in [0.3, 0.4) is 0 Å². The predicted octanol–water partition coefficient (Wildman–Crippen LogP) is 4.48. The van der Waals surface area contributed by atoms with Gasteiger partial charge in [0.05, 0.1) is 17.7 Å². The van der Waals surface area contributed by atoms with E-state index in [9.17, 15) is 14.4 Å². The Labute approximate surface area is 169 Å². The van der Waals surface area contributed by atoms with E-state index in [1.165, 1.54) is 18.4 Å². The van der Waals surface area contributed by atoms with E-state index in [4.69, 9.17) is 16.3 Å². The van der Waals surface area contributed by atoms with Crippen molar-refractivity contribution in [1.82, 2.24) is 4.90 Å². The summed E-state index contributed by atoms with van der Waals surface area (Å²) in [6, 6.07) is 8.60. The number of amides is 3. The highest BCUT2D eigenvalue weighted by Crippen LogP contribution is 2.33. The second-order valence-corrected chi connectivity index (χ2v) is 7.90. The number of anilines is 1. The molecule has 1 aromatic carbocycles. The molecular formula is C18H15ClN2O4S2. The number of thioether (sulfide) groups is 1. The van der Waals surface area contributed by atoms with Gasteiger partial charge in [-0.25, -0.2) is 0 Å². The number of halogens is 1. The molecule has 9 heteroatoms. The summed E-state index contributed by atoms with van der Waals surface area (Å²) in [5, 5.41) is 4.66. The Morgan fingerprint density at radius 3 is 2.85 bits per heavy atom. The number of imide groups is 1. The van der Waals surface area contributed by atoms with Gasteiger partial charge in [0.1, 0.15) is 5.75 Å². The number of nitrogens with one attached hydrogen (secondary N) is 1. The minimum absolute atomic E-state index is 0.00115. The van der Waals surface area contributed by atoms with Crippen molar-refractivity contribution in [2.75, 3.05) is 19.0 Å². The van der Waals surface area contributed by atoms with Crippen LogP contribution < -0.4 is 10.1 Å². The maximum absolute atomic E-state index is 12.4. The first-order valence-corrected chi connectivity index (χ1v) is 9.97. The molecule has 0 radical (unpaired) electrons. The van der Waals surface area contributed by atoms with Crippen LogP contribution in [-0.4, -0.2) is 35.6 Å². The Morgan fingerprint density at radius 1 is 1.33 bits per heavy atom. The van der Waals surface area contributed by atoms with Gasteiger partial charge in [0.25, 0.3) is 11.1 Å². The highest BCUT2D eigenvalue weighted by Gasteiger charge is 2.35. The standard InChI is InChI=1S/C18H15ClN2O4S2/c1-25-14-5-4-11(19)9-13(14)20-16(22)6-7-21-17(23)15(27-18(21)24)10-12-3-2-8-26-12/h2-5,8-10H,6-7H2,1H3,(H,20,22)/b15-10-. The van der Waals surface area contributed by atoms with Crippen molar-refractivity contribution in [3.05, 3.63) is 50.5 Å². The van der Waals surface area contributed by atoms with Crippen LogP contribution in [0, 0.1) is 0 Å². The van der Waals surface area contributed by atoms with Crippen LogP contribution in [0.2, 0.25) is 5.02 Å². The van der Waals surface area contributed by atoms with Crippen LogP contribution in [0.5, 0.6) is 5.75 Å². The predicted molar refractivity (Wildman–Crippen MR) is 108 cm³/mol. The highest BCUT2D eigenvalue weighted by atomic mass is 35.5. The third-order valence-electron chi connectivity index (χ3n) is 3.69. The molecule has 3 rings (SSSR count). The van der Waals surface area contributed by atoms with Gasteiger partial charge in [0.2, 0.25) is 5.91 Å². The average Bonchev–Trinajstić information content (AvgIpc) is 3.23. The van der Waals surface area contributed by atoms with E-state index in [0.29, 0.717) is 21.4 Å². The Kier molecular flexibility index (Phi) is 6.20. The van der Waals surface area contributed by atoms with Crippen molar-refractivity contribution in [3.8, 4) is 5.75 Å². The summed E-state index contributed by atoms with van der Waals surface area (Å²) < 4.78 is 5.18. The average molecular weight is 423 g/mol. The van der Waals surface area contributed by atoms with Gasteiger partial charge >= 0.3 is 0 Å². The highest BCUT2D eigenvalue weighted by molar-refractivity contribution is 8.18. The second kappa shape index (κ2) is 8.60. The molecule has 1 saturated heterocycles. The normalized spacial score (nSPS) is 15.5. The Bertz CT molecular complexity index is 912. The lowest BCUT2D eigenvalue weighted by molar-refractivity contribution is -0.123. The molecule has 1 N–H and O–H groups in total. The Morgan fingerprint density at radius 2 is 2.15 bits per heavy atom. The molecule has 2 heterocycles. The van der Waals surface area contributed by atoms with Crippen molar-refractivity contribution in [2.24, 2.45) is 0 Å². The molecule has 0 bridgehead atoms. The SMILES string of the molecule is COc1ccc(Cl)cc1NC(=O)CCN1C(=O)S/C(=C\c2cccs2)C1=O. The van der Waals surface area contributed by atoms with E-state index in [0.717, 1.165) is 21.5 Å². The summed E-state index contributed by atoms with van der Waals surface area (Å²) in [4.78, 5) is 39.1. The molecule has 6 nitrogen and oxygen atoms in total. The molecule has 0 saturated carbocycles. The molecule has 1 fully saturated rings. The molecule has 0 aliphatic carbocycles. The minimum Gasteiger partial charge on any atom is -0.495 e. The lowest BCUT2D eigenvalue weighted by Gasteiger charge is -2.13. The van der Waals surface area contributed by atoms with Crippen molar-refractivity contribution in [1.29, 1.82) is 0 Å². The number of methoxy groups -OCH3 is 1. The summed E-state index contributed by atoms with van der Waals surface area (Å²) in [6.07, 6.45) is 1.66. The number of hydrogen-bond acceptors (Lipinski definition) is 6. The topological polar surface area (TPSA) is 75.7 Å². The first-order valence-electron chi connectivity index (χ1n) is 7.90. The van der Waals surface area contributed by atoms with Crippen molar-refractivity contribution >= 4 is 63.5 Å². The number of thiophene rings is 1. The van der Waals surface area contributed by atoms with Crippen LogP contribution >= 0.6 is 34.7 Å². The first kappa shape index (κ1) is 19.5. The van der Waals surface area contributed by atoms with Gasteiger partial charge in [-0.1, -0.05) is 17.7 Å². The lowest BCUT2D eigenvalue weighted by atomic mass is 10.2. The van der Waals surface area contributed by atoms with E-state index in [-0.39, 0.29) is 30.0 Å². The quantitative estimate of drug-likeness (QED) is 0.695. The number of carbonyl (C=O) groups is 3. The number of benzene rings is 1. The zero-order chi connectivity index (χ0) is 19.4. The molecule has 140 valence electrons. The van der Waals surface area contributed by atoms with E-state index in [1.54, 1.807) is 24.3 Å². The molecule has 1 aliphatic rings. The third kappa shape index (κ3) is 4.71. The molecule has 0 spiro atoms. The molecule has 1 aliphatic heterocycles. The van der Waals surface area contributed by atoms with Gasteiger partial charge in [0, 0.05) is 22.9 Å². The summed E-state index contributed by atoms with van der Waals surface area (Å²) in [6.45, 7) is 0.00115. The van der Waals surface area contributed by atoms with Gasteiger partial charge in [-0.05, 0) is 47.5 Å². The largest absolute Gasteiger partial charge is 0.495 e. The number of nitrogens with zero attached hydrogens (tertiary/aromatic N) is 1. The fourth-order valence-electron chi connectivity index (χ4n) is 2.40. The van der Waals surface area contributed by atoms with Crippen LogP contribution in [0.4, 0.5) is 10.5 Å². The number of ether oxygens (including phenoxy) is 1. The zero-order valence-corrected chi connectivity index (χ0v) is 16.6. The van der Waals surface area contributed by atoms with Gasteiger partial charge in [-0.3, -0.25) is 19.3 Å². The van der Waals surface area contributed by atoms with Gasteiger partial charge < -0.3 is 10.1 Å². The first-order chi connectivity index (χ1) is 13.0. The van der Waals surface area contributed by atoms with E-state index < -0.39 is 0 Å². The minimum atomic E-state index is -0.383. The molecule has 2 aromatic rings. The molecule has 3 amide bonds. The molecule has 27 heavy (non-hydrogen) atoms. The van der Waals surface area contributed by atoms with Gasteiger partial charge in [-0.2, -0.15) is 0 Å². The van der Waals surface area contributed by atoms with Crippen LogP contribution in [0.15, 0.2) is 40.6 Å². The monoisotopic (exact) mass is 422 g/mol. The smallest absolute Gasteiger partial charge is 0.293 e. The summed E-state index contributed by atoms with van der Waals surface area (Å²) in [5.74, 6) is -0.263. The molecule has 1 aromatic heterocycles. The molecule has 0 unspecified atom stereocenters. The van der Waals surface area contributed by atoms with Crippen molar-refractivity contribution in [3.63, 3.8) is 0 Å². The number of hydrogen-bond donors (Lipinski definition) is 1. The summed E-state index contributed by atoms with van der Waals surface area (Å²) >= 11 is 8.30. The fourth-order valence-corrected chi connectivity index (χ4v) is 4.16. The number of carbonyl (C=O) groups excluding carboxylic acids is 3. The Balaban J connectivity index is 1.61. The fraction of sp³-hybridized carbons (Fsp3) is 0.167. The van der Waals surface area contributed by atoms with Gasteiger partial charge in [0.15, 0.2) is 0 Å². The van der Waals surface area contributed by atoms with E-state index in [2.05, 4.69) is 5.32 Å². The third-order valence-corrected chi connectivity index (χ3v) is 5.65. The van der Waals surface area contributed by atoms with Crippen LogP contribution in [0.1, 0.15) is 11.3 Å². The van der Waals surface area contributed by atoms with Crippen LogP contribution in [-0.2, 0) is 9.59 Å². The zero-order valence-electron chi connectivity index (χ0n) is 14.2. The summed E-state index contributed by atoms with van der Waals surface area (Å²) in [7, 11) is 1.49. The lowest BCUT2D eigenvalue weighted by Crippen LogP contribution is -2.31. The maximum Gasteiger partial charge on any atom is 0.293 e. The van der Waals surface area contributed by atoms with Gasteiger partial charge in [-0.15, -0.1) is 11.3 Å². The van der Waals surface area contributed by atoms with E-state index in [1.807, 2.05) is 17.5 Å². The summed E-state index contributed by atoms with van der Waals surface area (Å²) in [5.41, 5.74) is 0.432.